The van der Waals surface area contributed by atoms with Gasteiger partial charge in [-0.2, -0.15) is 0 Å². The van der Waals surface area contributed by atoms with Crippen LogP contribution in [0.3, 0.4) is 0 Å². The van der Waals surface area contributed by atoms with Gasteiger partial charge in [-0.1, -0.05) is 0 Å². The lowest BCUT2D eigenvalue weighted by atomic mass is 9.78. The highest BCUT2D eigenvalue weighted by Crippen LogP contribution is 2.31. The zero-order valence-electron chi connectivity index (χ0n) is 11.4. The topological polar surface area (TPSA) is 78.8 Å². The van der Waals surface area contributed by atoms with E-state index in [4.69, 9.17) is 9.84 Å². The summed E-state index contributed by atoms with van der Waals surface area (Å²) in [5.41, 5.74) is -0.711. The van der Waals surface area contributed by atoms with Crippen LogP contribution in [0.4, 0.5) is 0 Å². The fourth-order valence-electron chi connectivity index (χ4n) is 3.04. The van der Waals surface area contributed by atoms with Gasteiger partial charge in [0.1, 0.15) is 0 Å². The quantitative estimate of drug-likeness (QED) is 0.695. The van der Waals surface area contributed by atoms with Gasteiger partial charge in [0, 0.05) is 19.8 Å². The lowest BCUT2D eigenvalue weighted by molar-refractivity contribution is -0.144. The van der Waals surface area contributed by atoms with Gasteiger partial charge in [-0.15, -0.1) is 0 Å². The molecule has 0 amide bonds. The van der Waals surface area contributed by atoms with Gasteiger partial charge in [0.2, 0.25) is 0 Å². The van der Waals surface area contributed by atoms with Gasteiger partial charge < -0.3 is 20.3 Å². The second-order valence-electron chi connectivity index (χ2n) is 6.02. The lowest BCUT2D eigenvalue weighted by Crippen LogP contribution is -2.45. The number of carboxylic acid groups (broad SMARTS) is 1. The molecule has 19 heavy (non-hydrogen) atoms. The molecule has 1 heterocycles. The van der Waals surface area contributed by atoms with Gasteiger partial charge in [0.25, 0.3) is 0 Å². The van der Waals surface area contributed by atoms with Crippen LogP contribution in [0, 0.1) is 11.8 Å². The third-order valence-corrected chi connectivity index (χ3v) is 4.49. The summed E-state index contributed by atoms with van der Waals surface area (Å²) in [5, 5.41) is 22.7. The number of aliphatic hydroxyl groups is 1. The van der Waals surface area contributed by atoms with Crippen LogP contribution < -0.4 is 5.32 Å². The standard InChI is InChI=1S/C14H25NO4/c16-13(17)12-1-5-14(18,6-2-12)10-15-9-11-3-7-19-8-4-11/h11-12,15,18H,1-10H2,(H,16,17). The summed E-state index contributed by atoms with van der Waals surface area (Å²) in [6, 6.07) is 0. The van der Waals surface area contributed by atoms with E-state index < -0.39 is 11.6 Å². The Balaban J connectivity index is 1.66. The van der Waals surface area contributed by atoms with Gasteiger partial charge in [-0.3, -0.25) is 4.79 Å². The highest BCUT2D eigenvalue weighted by molar-refractivity contribution is 5.70. The first-order chi connectivity index (χ1) is 9.09. The van der Waals surface area contributed by atoms with Gasteiger partial charge >= 0.3 is 5.97 Å². The molecule has 0 aromatic rings. The summed E-state index contributed by atoms with van der Waals surface area (Å²) < 4.78 is 5.32. The first-order valence-electron chi connectivity index (χ1n) is 7.33. The molecule has 2 fully saturated rings. The largest absolute Gasteiger partial charge is 0.481 e. The van der Waals surface area contributed by atoms with Crippen LogP contribution in [-0.2, 0) is 9.53 Å². The fourth-order valence-corrected chi connectivity index (χ4v) is 3.04. The van der Waals surface area contributed by atoms with Crippen molar-refractivity contribution >= 4 is 5.97 Å². The molecule has 110 valence electrons. The second-order valence-corrected chi connectivity index (χ2v) is 6.02. The minimum Gasteiger partial charge on any atom is -0.481 e. The SMILES string of the molecule is O=C(O)C1CCC(O)(CNCC2CCOCC2)CC1. The molecule has 0 spiro atoms. The fraction of sp³-hybridized carbons (Fsp3) is 0.929. The van der Waals surface area contributed by atoms with Crippen molar-refractivity contribution in [3.05, 3.63) is 0 Å². The number of aliphatic carboxylic acids is 1. The Kier molecular flexibility index (Phi) is 5.19. The smallest absolute Gasteiger partial charge is 0.306 e. The lowest BCUT2D eigenvalue weighted by Gasteiger charge is -2.35. The number of nitrogens with one attached hydrogen (secondary N) is 1. The van der Waals surface area contributed by atoms with Gasteiger partial charge in [0.15, 0.2) is 0 Å². The highest BCUT2D eigenvalue weighted by atomic mass is 16.5. The summed E-state index contributed by atoms with van der Waals surface area (Å²) in [5.74, 6) is -0.347. The van der Waals surface area contributed by atoms with Crippen molar-refractivity contribution in [1.29, 1.82) is 0 Å². The molecule has 1 aliphatic carbocycles. The van der Waals surface area contributed by atoms with Crippen molar-refractivity contribution in [3.63, 3.8) is 0 Å². The molecule has 1 saturated heterocycles. The average molecular weight is 271 g/mol. The van der Waals surface area contributed by atoms with Crippen LogP contribution in [0.15, 0.2) is 0 Å². The summed E-state index contributed by atoms with van der Waals surface area (Å²) in [6.07, 6.45) is 4.53. The first-order valence-corrected chi connectivity index (χ1v) is 7.33. The van der Waals surface area contributed by atoms with Crippen LogP contribution in [0.1, 0.15) is 38.5 Å². The van der Waals surface area contributed by atoms with Crippen LogP contribution in [0.25, 0.3) is 0 Å². The second kappa shape index (κ2) is 6.68. The zero-order chi connectivity index (χ0) is 13.7. The molecule has 0 unspecified atom stereocenters. The number of rotatable bonds is 5. The van der Waals surface area contributed by atoms with E-state index in [0.717, 1.165) is 32.6 Å². The van der Waals surface area contributed by atoms with Crippen molar-refractivity contribution in [1.82, 2.24) is 5.32 Å². The van der Waals surface area contributed by atoms with Crippen molar-refractivity contribution in [3.8, 4) is 0 Å². The maximum absolute atomic E-state index is 10.9. The van der Waals surface area contributed by atoms with Crippen LogP contribution in [0.5, 0.6) is 0 Å². The van der Waals surface area contributed by atoms with E-state index in [0.29, 0.717) is 38.1 Å². The summed E-state index contributed by atoms with van der Waals surface area (Å²) in [6.45, 7) is 3.19. The van der Waals surface area contributed by atoms with E-state index in [-0.39, 0.29) is 5.92 Å². The third kappa shape index (κ3) is 4.44. The maximum atomic E-state index is 10.9. The number of carboxylic acids is 1. The zero-order valence-corrected chi connectivity index (χ0v) is 11.4. The van der Waals surface area contributed by atoms with Crippen molar-refractivity contribution in [2.45, 2.75) is 44.1 Å². The molecule has 5 heteroatoms. The maximum Gasteiger partial charge on any atom is 0.306 e. The number of carbonyl (C=O) groups is 1. The Labute approximate surface area is 114 Å². The monoisotopic (exact) mass is 271 g/mol. The van der Waals surface area contributed by atoms with E-state index in [2.05, 4.69) is 5.32 Å². The third-order valence-electron chi connectivity index (χ3n) is 4.49. The molecule has 5 nitrogen and oxygen atoms in total. The van der Waals surface area contributed by atoms with E-state index in [1.165, 1.54) is 0 Å². The van der Waals surface area contributed by atoms with Gasteiger partial charge in [-0.05, 0) is 51.0 Å². The minimum absolute atomic E-state index is 0.268. The first kappa shape index (κ1) is 14.8. The van der Waals surface area contributed by atoms with Gasteiger partial charge in [-0.25, -0.2) is 0 Å². The number of hydrogen-bond donors (Lipinski definition) is 3. The average Bonchev–Trinajstić information content (AvgIpc) is 2.40. The Morgan fingerprint density at radius 2 is 1.84 bits per heavy atom. The highest BCUT2D eigenvalue weighted by Gasteiger charge is 2.35. The molecule has 1 aliphatic heterocycles. The molecule has 0 aromatic heterocycles. The Morgan fingerprint density at radius 3 is 2.42 bits per heavy atom. The minimum atomic E-state index is -0.725. The van der Waals surface area contributed by atoms with E-state index in [1.807, 2.05) is 0 Å². The molecule has 1 saturated carbocycles. The molecule has 0 atom stereocenters. The predicted molar refractivity (Wildman–Crippen MR) is 71.0 cm³/mol. The molecule has 0 radical (unpaired) electrons. The summed E-state index contributed by atoms with van der Waals surface area (Å²) in [4.78, 5) is 10.9. The Bertz CT molecular complexity index is 294. The van der Waals surface area contributed by atoms with Crippen molar-refractivity contribution in [2.24, 2.45) is 11.8 Å². The molecule has 3 N–H and O–H groups in total. The van der Waals surface area contributed by atoms with E-state index >= 15 is 0 Å². The number of hydrogen-bond acceptors (Lipinski definition) is 4. The van der Waals surface area contributed by atoms with Crippen molar-refractivity contribution in [2.75, 3.05) is 26.3 Å². The number of ether oxygens (including phenoxy) is 1. The predicted octanol–water partition coefficient (Wildman–Crippen LogP) is 1.01. The van der Waals surface area contributed by atoms with Gasteiger partial charge in [0.05, 0.1) is 11.5 Å². The van der Waals surface area contributed by atoms with Crippen LogP contribution >= 0.6 is 0 Å². The van der Waals surface area contributed by atoms with E-state index in [1.54, 1.807) is 0 Å². The normalized spacial score (nSPS) is 33.2. The molecule has 2 aliphatic rings. The molecular formula is C14H25NO4. The molecule has 0 aromatic carbocycles. The summed E-state index contributed by atoms with van der Waals surface area (Å²) in [7, 11) is 0. The van der Waals surface area contributed by atoms with E-state index in [9.17, 15) is 9.90 Å². The van der Waals surface area contributed by atoms with Crippen LogP contribution in [0.2, 0.25) is 0 Å². The Morgan fingerprint density at radius 1 is 1.21 bits per heavy atom. The van der Waals surface area contributed by atoms with Crippen molar-refractivity contribution < 1.29 is 19.7 Å². The molecule has 2 rings (SSSR count). The van der Waals surface area contributed by atoms with Crippen LogP contribution in [-0.4, -0.2) is 48.1 Å². The molecular weight excluding hydrogens is 246 g/mol. The summed E-state index contributed by atoms with van der Waals surface area (Å²) >= 11 is 0. The Hall–Kier alpha value is -0.650. The molecule has 0 bridgehead atoms.